The molecule has 20 nitrogen and oxygen atoms in total. The van der Waals surface area contributed by atoms with Crippen molar-refractivity contribution in [2.75, 3.05) is 13.7 Å². The SMILES string of the molecule is COC1[C@H](O[C@@H]2C(O)[C@H](O[C@@H]3C(O)[C@H](OC4[C@H](OCCCC=O)OC(C)[C@H](O)[C@@H]4O)OC(C)[C@@H]3O)OC(C)[C@@H]2O)OC(C)[C@@H](NC(=O)CC(C)(C)O)[C@@H]1O. The third kappa shape index (κ3) is 10.7. The van der Waals surface area contributed by atoms with E-state index in [0.717, 1.165) is 0 Å². The molecule has 4 saturated heterocycles. The summed E-state index contributed by atoms with van der Waals surface area (Å²) >= 11 is 0. The van der Waals surface area contributed by atoms with E-state index < -0.39 is 134 Å². The summed E-state index contributed by atoms with van der Waals surface area (Å²) < 4.78 is 52.1. The lowest BCUT2D eigenvalue weighted by atomic mass is 9.94. The number of unbranched alkanes of at least 4 members (excludes halogenated alkanes) is 1. The predicted molar refractivity (Wildman–Crippen MR) is 179 cm³/mol. The lowest BCUT2D eigenvalue weighted by Crippen LogP contribution is -2.67. The molecule has 0 aliphatic carbocycles. The van der Waals surface area contributed by atoms with Crippen LogP contribution in [0.25, 0.3) is 0 Å². The number of carbonyl (C=O) groups is 2. The molecule has 4 aliphatic heterocycles. The summed E-state index contributed by atoms with van der Waals surface area (Å²) in [6.45, 7) is 8.95. The van der Waals surface area contributed by atoms with E-state index in [1.54, 1.807) is 6.92 Å². The van der Waals surface area contributed by atoms with Gasteiger partial charge in [-0.1, -0.05) is 0 Å². The summed E-state index contributed by atoms with van der Waals surface area (Å²) in [5.74, 6) is -0.547. The molecule has 314 valence electrons. The van der Waals surface area contributed by atoms with E-state index >= 15 is 0 Å². The highest BCUT2D eigenvalue weighted by Crippen LogP contribution is 2.35. The van der Waals surface area contributed by atoms with Gasteiger partial charge in [-0.25, -0.2) is 0 Å². The van der Waals surface area contributed by atoms with Crippen molar-refractivity contribution in [1.29, 1.82) is 0 Å². The molecule has 9 N–H and O–H groups in total. The Morgan fingerprint density at radius 2 is 1.13 bits per heavy atom. The number of ether oxygens (including phenoxy) is 9. The van der Waals surface area contributed by atoms with Gasteiger partial charge in [-0.2, -0.15) is 0 Å². The zero-order chi connectivity index (χ0) is 40.2. The number of carbonyl (C=O) groups excluding carboxylic acids is 2. The standard InChI is InChI=1S/C34H59NO19/c1-13-18(35-17(37)12-34(5,6)45)22(41)28(46-7)33(48-13)53-27-21(40)16(4)49-30(25(27)44)52-26-20(39)15(3)50-31(24(26)43)54-29-23(42)19(38)14(2)51-32(29)47-11-9-8-10-36/h10,13-16,18-33,38-45H,8-9,11-12H2,1-7H3,(H,35,37)/t13?,14?,15?,16?,18-,19+,20+,21+,22+,23+,24?,25?,26+,27+,28?,29?,30+,31+,32-,33+/m1/s1. The van der Waals surface area contributed by atoms with Crippen molar-refractivity contribution < 1.29 is 93.1 Å². The van der Waals surface area contributed by atoms with Crippen LogP contribution in [0.4, 0.5) is 0 Å². The molecule has 4 rings (SSSR count). The molecule has 0 radical (unpaired) electrons. The van der Waals surface area contributed by atoms with Gasteiger partial charge in [0, 0.05) is 13.5 Å². The van der Waals surface area contributed by atoms with Gasteiger partial charge in [0.25, 0.3) is 0 Å². The third-order valence-corrected chi connectivity index (χ3v) is 9.99. The highest BCUT2D eigenvalue weighted by molar-refractivity contribution is 5.77. The molecule has 4 aliphatic rings. The first kappa shape index (κ1) is 45.2. The Morgan fingerprint density at radius 3 is 1.65 bits per heavy atom. The number of aldehydes is 1. The molecule has 4 fully saturated rings. The van der Waals surface area contributed by atoms with Crippen LogP contribution in [-0.4, -0.2) is 195 Å². The second-order valence-corrected chi connectivity index (χ2v) is 15.0. The molecule has 8 unspecified atom stereocenters. The zero-order valence-corrected chi connectivity index (χ0v) is 31.5. The van der Waals surface area contributed by atoms with Gasteiger partial charge < -0.3 is 93.6 Å². The van der Waals surface area contributed by atoms with E-state index in [9.17, 15) is 50.4 Å². The molecule has 0 bridgehead atoms. The molecule has 1 amide bonds. The number of nitrogens with one attached hydrogen (secondary N) is 1. The van der Waals surface area contributed by atoms with E-state index in [0.29, 0.717) is 12.7 Å². The number of aliphatic hydroxyl groups excluding tert-OH is 7. The monoisotopic (exact) mass is 785 g/mol. The van der Waals surface area contributed by atoms with Gasteiger partial charge in [0.15, 0.2) is 25.2 Å². The van der Waals surface area contributed by atoms with E-state index in [1.165, 1.54) is 41.7 Å². The van der Waals surface area contributed by atoms with Gasteiger partial charge in [-0.3, -0.25) is 4.79 Å². The number of aliphatic hydroxyl groups is 8. The van der Waals surface area contributed by atoms with Gasteiger partial charge in [0.05, 0.1) is 49.1 Å². The number of amides is 1. The molecule has 0 spiro atoms. The molecule has 0 aromatic heterocycles. The Balaban J connectivity index is 1.47. The lowest BCUT2D eigenvalue weighted by Gasteiger charge is -2.49. The van der Waals surface area contributed by atoms with Crippen molar-refractivity contribution in [3.05, 3.63) is 0 Å². The minimum Gasteiger partial charge on any atom is -0.390 e. The summed E-state index contributed by atoms with van der Waals surface area (Å²) in [5, 5.41) is 90.2. The van der Waals surface area contributed by atoms with Crippen LogP contribution in [0.1, 0.15) is 60.8 Å². The molecule has 54 heavy (non-hydrogen) atoms. The van der Waals surface area contributed by atoms with Crippen molar-refractivity contribution in [2.45, 2.75) is 189 Å². The maximum atomic E-state index is 12.5. The Labute approximate surface area is 313 Å². The van der Waals surface area contributed by atoms with Gasteiger partial charge in [0.2, 0.25) is 5.91 Å². The third-order valence-electron chi connectivity index (χ3n) is 9.99. The predicted octanol–water partition coefficient (Wildman–Crippen LogP) is -3.70. The van der Waals surface area contributed by atoms with Crippen molar-refractivity contribution in [2.24, 2.45) is 0 Å². The van der Waals surface area contributed by atoms with Crippen molar-refractivity contribution >= 4 is 12.2 Å². The van der Waals surface area contributed by atoms with Gasteiger partial charge in [0.1, 0.15) is 73.4 Å². The Kier molecular flexibility index (Phi) is 16.1. The average Bonchev–Trinajstić information content (AvgIpc) is 3.09. The van der Waals surface area contributed by atoms with Crippen LogP contribution < -0.4 is 5.32 Å². The molecular weight excluding hydrogens is 726 g/mol. The number of hydrogen-bond donors (Lipinski definition) is 9. The Bertz CT molecular complexity index is 1190. The maximum Gasteiger partial charge on any atom is 0.223 e. The van der Waals surface area contributed by atoms with Crippen LogP contribution in [0.5, 0.6) is 0 Å². The number of hydrogen-bond acceptors (Lipinski definition) is 19. The van der Waals surface area contributed by atoms with E-state index in [2.05, 4.69) is 5.32 Å². The Hall–Kier alpha value is -1.54. The normalized spacial score (nSPS) is 46.2. The lowest BCUT2D eigenvalue weighted by molar-refractivity contribution is -0.387. The van der Waals surface area contributed by atoms with Gasteiger partial charge in [-0.05, 0) is 48.0 Å². The number of rotatable bonds is 15. The zero-order valence-electron chi connectivity index (χ0n) is 31.5. The molecule has 0 saturated carbocycles. The van der Waals surface area contributed by atoms with Crippen LogP contribution in [0.2, 0.25) is 0 Å². The quantitative estimate of drug-likeness (QED) is 0.0570. The summed E-state index contributed by atoms with van der Waals surface area (Å²) in [6.07, 6.45) is -25.4. The van der Waals surface area contributed by atoms with E-state index in [-0.39, 0.29) is 19.4 Å². The fourth-order valence-electron chi connectivity index (χ4n) is 6.86. The van der Waals surface area contributed by atoms with Gasteiger partial charge >= 0.3 is 0 Å². The highest BCUT2D eigenvalue weighted by atomic mass is 16.8. The number of methoxy groups -OCH3 is 1. The first-order valence-corrected chi connectivity index (χ1v) is 18.2. The van der Waals surface area contributed by atoms with Crippen LogP contribution >= 0.6 is 0 Å². The van der Waals surface area contributed by atoms with E-state index in [1.807, 2.05) is 0 Å². The molecule has 0 aromatic rings. The van der Waals surface area contributed by atoms with Crippen LogP contribution in [-0.2, 0) is 52.2 Å². The van der Waals surface area contributed by atoms with Crippen LogP contribution in [0, 0.1) is 0 Å². The summed E-state index contributed by atoms with van der Waals surface area (Å²) in [4.78, 5) is 23.3. The largest absolute Gasteiger partial charge is 0.390 e. The summed E-state index contributed by atoms with van der Waals surface area (Å²) in [6, 6.07) is -0.977. The molecule has 0 aromatic carbocycles. The second-order valence-electron chi connectivity index (χ2n) is 15.0. The topological polar surface area (TPSA) is 291 Å². The van der Waals surface area contributed by atoms with Gasteiger partial charge in [-0.15, -0.1) is 0 Å². The van der Waals surface area contributed by atoms with E-state index in [4.69, 9.17) is 42.6 Å². The minimum atomic E-state index is -1.80. The summed E-state index contributed by atoms with van der Waals surface area (Å²) in [5.41, 5.74) is -1.31. The van der Waals surface area contributed by atoms with Crippen molar-refractivity contribution in [3.63, 3.8) is 0 Å². The maximum absolute atomic E-state index is 12.5. The first-order valence-electron chi connectivity index (χ1n) is 18.2. The fraction of sp³-hybridized carbons (Fsp3) is 0.941. The molecular formula is C34H59NO19. The fourth-order valence-corrected chi connectivity index (χ4v) is 6.86. The minimum absolute atomic E-state index is 0.0487. The van der Waals surface area contributed by atoms with Crippen LogP contribution in [0.3, 0.4) is 0 Å². The van der Waals surface area contributed by atoms with Crippen molar-refractivity contribution in [1.82, 2.24) is 5.32 Å². The summed E-state index contributed by atoms with van der Waals surface area (Å²) in [7, 11) is 1.26. The van der Waals surface area contributed by atoms with Crippen LogP contribution in [0.15, 0.2) is 0 Å². The Morgan fingerprint density at radius 1 is 0.648 bits per heavy atom. The first-order chi connectivity index (χ1) is 25.3. The smallest absolute Gasteiger partial charge is 0.223 e. The van der Waals surface area contributed by atoms with Crippen molar-refractivity contribution in [3.8, 4) is 0 Å². The second kappa shape index (κ2) is 19.3. The molecule has 4 heterocycles. The average molecular weight is 786 g/mol. The highest BCUT2D eigenvalue weighted by Gasteiger charge is 2.54. The molecule has 20 heteroatoms. The molecule has 20 atom stereocenters.